The van der Waals surface area contributed by atoms with Gasteiger partial charge in [-0.1, -0.05) is 6.07 Å². The summed E-state index contributed by atoms with van der Waals surface area (Å²) in [5.41, 5.74) is 0.894. The van der Waals surface area contributed by atoms with Crippen LogP contribution in [0, 0.1) is 5.92 Å². The fourth-order valence-corrected chi connectivity index (χ4v) is 4.52. The molecule has 2 amide bonds. The van der Waals surface area contributed by atoms with Crippen molar-refractivity contribution in [1.29, 1.82) is 0 Å². The van der Waals surface area contributed by atoms with E-state index in [2.05, 4.69) is 15.4 Å². The van der Waals surface area contributed by atoms with E-state index in [4.69, 9.17) is 4.74 Å². The summed E-state index contributed by atoms with van der Waals surface area (Å²) in [5, 5.41) is 7.22. The van der Waals surface area contributed by atoms with Gasteiger partial charge in [0.15, 0.2) is 0 Å². The van der Waals surface area contributed by atoms with E-state index >= 15 is 0 Å². The van der Waals surface area contributed by atoms with Gasteiger partial charge in [-0.3, -0.25) is 19.3 Å². The van der Waals surface area contributed by atoms with E-state index in [-0.39, 0.29) is 17.4 Å². The number of nitrogens with one attached hydrogen (secondary N) is 1. The van der Waals surface area contributed by atoms with Gasteiger partial charge in [0.25, 0.3) is 11.8 Å². The summed E-state index contributed by atoms with van der Waals surface area (Å²) in [5.74, 6) is 0.276. The molecule has 2 aromatic heterocycles. The minimum absolute atomic E-state index is 0.0409. The second kappa shape index (κ2) is 8.95. The third-order valence-electron chi connectivity index (χ3n) is 6.24. The number of amides is 2. The van der Waals surface area contributed by atoms with E-state index in [1.807, 2.05) is 17.9 Å². The molecule has 160 valence electrons. The Morgan fingerprint density at radius 3 is 2.80 bits per heavy atom. The molecule has 0 aromatic carbocycles. The largest absolute Gasteiger partial charge is 0.375 e. The van der Waals surface area contributed by atoms with Crippen molar-refractivity contribution in [2.45, 2.75) is 44.8 Å². The van der Waals surface area contributed by atoms with Gasteiger partial charge in [0.1, 0.15) is 11.4 Å². The second-order valence-corrected chi connectivity index (χ2v) is 8.14. The van der Waals surface area contributed by atoms with Crippen LogP contribution in [-0.2, 0) is 11.3 Å². The molecule has 0 radical (unpaired) electrons. The Morgan fingerprint density at radius 1 is 1.23 bits per heavy atom. The monoisotopic (exact) mass is 411 g/mol. The molecule has 1 atom stereocenters. The van der Waals surface area contributed by atoms with Gasteiger partial charge in [-0.2, -0.15) is 5.10 Å². The van der Waals surface area contributed by atoms with Crippen molar-refractivity contribution in [2.75, 3.05) is 26.2 Å². The lowest BCUT2D eigenvalue weighted by Crippen LogP contribution is -2.52. The van der Waals surface area contributed by atoms with Crippen LogP contribution in [0.5, 0.6) is 0 Å². The number of piperidine rings is 1. The number of nitrogens with zero attached hydrogens (tertiary/aromatic N) is 4. The molecular weight excluding hydrogens is 382 g/mol. The summed E-state index contributed by atoms with van der Waals surface area (Å²) in [6.45, 7) is 5.35. The van der Waals surface area contributed by atoms with Crippen LogP contribution in [0.15, 0.2) is 36.7 Å². The molecule has 8 heteroatoms. The van der Waals surface area contributed by atoms with Crippen LogP contribution < -0.4 is 5.32 Å². The van der Waals surface area contributed by atoms with E-state index < -0.39 is 0 Å². The summed E-state index contributed by atoms with van der Waals surface area (Å²) in [6, 6.07) is 7.12. The van der Waals surface area contributed by atoms with Crippen molar-refractivity contribution in [3.63, 3.8) is 0 Å². The number of hydrogen-bond donors (Lipinski definition) is 1. The summed E-state index contributed by atoms with van der Waals surface area (Å²) < 4.78 is 7.95. The Morgan fingerprint density at radius 2 is 2.07 bits per heavy atom. The highest BCUT2D eigenvalue weighted by molar-refractivity contribution is 5.92. The number of hydrogen-bond acceptors (Lipinski definition) is 5. The molecule has 2 aliphatic rings. The molecule has 0 aliphatic carbocycles. The third kappa shape index (κ3) is 4.38. The van der Waals surface area contributed by atoms with E-state index in [9.17, 15) is 9.59 Å². The Balaban J connectivity index is 1.30. The van der Waals surface area contributed by atoms with Gasteiger partial charge in [0.2, 0.25) is 0 Å². The van der Waals surface area contributed by atoms with Crippen LogP contribution >= 0.6 is 0 Å². The summed E-state index contributed by atoms with van der Waals surface area (Å²) in [4.78, 5) is 31.2. The highest BCUT2D eigenvalue weighted by atomic mass is 16.5. The number of carbonyl (C=O) groups is 2. The van der Waals surface area contributed by atoms with Crippen LogP contribution in [-0.4, -0.2) is 63.3 Å². The first-order valence-corrected chi connectivity index (χ1v) is 10.7. The molecule has 1 N–H and O–H groups in total. The van der Waals surface area contributed by atoms with Crippen molar-refractivity contribution < 1.29 is 14.3 Å². The molecular formula is C22H29N5O3. The van der Waals surface area contributed by atoms with Crippen molar-refractivity contribution in [1.82, 2.24) is 25.0 Å². The molecule has 8 nitrogen and oxygen atoms in total. The number of pyridine rings is 1. The Labute approximate surface area is 176 Å². The molecule has 2 saturated heterocycles. The zero-order valence-corrected chi connectivity index (χ0v) is 17.4. The first-order valence-electron chi connectivity index (χ1n) is 10.7. The molecule has 2 fully saturated rings. The first-order chi connectivity index (χ1) is 14.6. The molecule has 0 bridgehead atoms. The predicted octanol–water partition coefficient (Wildman–Crippen LogP) is 2.13. The maximum absolute atomic E-state index is 12.9. The summed E-state index contributed by atoms with van der Waals surface area (Å²) >= 11 is 0. The number of aromatic nitrogens is 3. The zero-order chi connectivity index (χ0) is 21.0. The summed E-state index contributed by atoms with van der Waals surface area (Å²) in [7, 11) is 0. The predicted molar refractivity (Wildman–Crippen MR) is 111 cm³/mol. The molecule has 30 heavy (non-hydrogen) atoms. The second-order valence-electron chi connectivity index (χ2n) is 8.14. The van der Waals surface area contributed by atoms with E-state index in [0.29, 0.717) is 50.1 Å². The lowest BCUT2D eigenvalue weighted by molar-refractivity contribution is -0.122. The molecule has 4 rings (SSSR count). The maximum Gasteiger partial charge on any atom is 0.272 e. The fraction of sp³-hybridized carbons (Fsp3) is 0.545. The quantitative estimate of drug-likeness (QED) is 0.814. The highest BCUT2D eigenvalue weighted by Crippen LogP contribution is 2.37. The first kappa shape index (κ1) is 20.5. The Hall–Kier alpha value is -2.74. The standard InChI is InChI=1S/C22H29N5O3/c1-2-27-19(6-11-25-27)21(29)26-12-8-22(9-13-26)15-17(7-14-30-22)16-24-20(28)18-5-3-4-10-23-18/h3-6,10-11,17H,2,7-9,12-16H2,1H3,(H,24,28). The number of aryl methyl sites for hydroxylation is 1. The lowest BCUT2D eigenvalue weighted by Gasteiger charge is -2.46. The molecule has 1 unspecified atom stereocenters. The van der Waals surface area contributed by atoms with Gasteiger partial charge < -0.3 is 15.0 Å². The van der Waals surface area contributed by atoms with Crippen molar-refractivity contribution in [3.05, 3.63) is 48.0 Å². The van der Waals surface area contributed by atoms with Crippen LogP contribution in [0.4, 0.5) is 0 Å². The van der Waals surface area contributed by atoms with Gasteiger partial charge in [-0.25, -0.2) is 0 Å². The van der Waals surface area contributed by atoms with Crippen LogP contribution in [0.2, 0.25) is 0 Å². The van der Waals surface area contributed by atoms with Gasteiger partial charge in [0, 0.05) is 45.2 Å². The van der Waals surface area contributed by atoms with E-state index in [0.717, 1.165) is 25.7 Å². The van der Waals surface area contributed by atoms with Gasteiger partial charge >= 0.3 is 0 Å². The van der Waals surface area contributed by atoms with Gasteiger partial charge in [-0.15, -0.1) is 0 Å². The number of rotatable bonds is 5. The molecule has 4 heterocycles. The molecule has 2 aliphatic heterocycles. The fourth-order valence-electron chi connectivity index (χ4n) is 4.52. The minimum Gasteiger partial charge on any atom is -0.375 e. The normalized spacial score (nSPS) is 20.8. The average Bonchev–Trinajstić information content (AvgIpc) is 3.27. The molecule has 0 saturated carbocycles. The van der Waals surface area contributed by atoms with Crippen molar-refractivity contribution in [2.24, 2.45) is 5.92 Å². The van der Waals surface area contributed by atoms with E-state index in [1.54, 1.807) is 35.3 Å². The topological polar surface area (TPSA) is 89.4 Å². The number of ether oxygens (including phenoxy) is 1. The maximum atomic E-state index is 12.9. The van der Waals surface area contributed by atoms with E-state index in [1.165, 1.54) is 0 Å². The number of carbonyl (C=O) groups excluding carboxylic acids is 2. The van der Waals surface area contributed by atoms with Crippen LogP contribution in [0.3, 0.4) is 0 Å². The Kier molecular flexibility index (Phi) is 6.13. The minimum atomic E-state index is -0.194. The number of likely N-dealkylation sites (tertiary alicyclic amines) is 1. The molecule has 2 aromatic rings. The SMILES string of the molecule is CCn1nccc1C(=O)N1CCC2(CC1)CC(CNC(=O)c1ccccn1)CCO2. The van der Waals surface area contributed by atoms with Crippen LogP contribution in [0.25, 0.3) is 0 Å². The lowest BCUT2D eigenvalue weighted by atomic mass is 9.79. The van der Waals surface area contributed by atoms with Crippen molar-refractivity contribution in [3.8, 4) is 0 Å². The van der Waals surface area contributed by atoms with Crippen molar-refractivity contribution >= 4 is 11.8 Å². The zero-order valence-electron chi connectivity index (χ0n) is 17.4. The summed E-state index contributed by atoms with van der Waals surface area (Å²) in [6.07, 6.45) is 6.79. The van der Waals surface area contributed by atoms with Gasteiger partial charge in [-0.05, 0) is 56.7 Å². The van der Waals surface area contributed by atoms with Gasteiger partial charge in [0.05, 0.1) is 5.60 Å². The smallest absolute Gasteiger partial charge is 0.272 e. The molecule has 1 spiro atoms. The average molecular weight is 412 g/mol. The Bertz CT molecular complexity index is 874. The van der Waals surface area contributed by atoms with Crippen LogP contribution in [0.1, 0.15) is 53.6 Å². The third-order valence-corrected chi connectivity index (χ3v) is 6.24. The highest BCUT2D eigenvalue weighted by Gasteiger charge is 2.41.